The van der Waals surface area contributed by atoms with Crippen molar-refractivity contribution < 1.29 is 14.3 Å². The molecule has 0 spiro atoms. The summed E-state index contributed by atoms with van der Waals surface area (Å²) in [6, 6.07) is 11.4. The first kappa shape index (κ1) is 14.9. The number of carboxylic acids is 1. The van der Waals surface area contributed by atoms with Crippen molar-refractivity contribution in [2.24, 2.45) is 0 Å². The molecular weight excluding hydrogens is 299 g/mol. The lowest BCUT2D eigenvalue weighted by Gasteiger charge is -2.05. The number of benzene rings is 2. The molecule has 0 fully saturated rings. The summed E-state index contributed by atoms with van der Waals surface area (Å²) in [5, 5.41) is 9.58. The minimum Gasteiger partial charge on any atom is -0.478 e. The summed E-state index contributed by atoms with van der Waals surface area (Å²) < 4.78 is 13.3. The van der Waals surface area contributed by atoms with Gasteiger partial charge in [-0.3, -0.25) is 0 Å². The maximum Gasteiger partial charge on any atom is 0.335 e. The van der Waals surface area contributed by atoms with Gasteiger partial charge in [0.25, 0.3) is 0 Å². The SMILES string of the molecule is O=C(O)c1cc(F)cc(CSCc2ccccc2Cl)c1. The molecule has 1 N–H and O–H groups in total. The fourth-order valence-corrected chi connectivity index (χ4v) is 3.01. The Morgan fingerprint density at radius 3 is 2.65 bits per heavy atom. The molecule has 0 aromatic heterocycles. The molecule has 104 valence electrons. The van der Waals surface area contributed by atoms with Crippen molar-refractivity contribution in [1.29, 1.82) is 0 Å². The highest BCUT2D eigenvalue weighted by Gasteiger charge is 2.07. The number of halogens is 2. The Labute approximate surface area is 125 Å². The molecule has 0 aliphatic heterocycles. The van der Waals surface area contributed by atoms with E-state index in [0.29, 0.717) is 22.1 Å². The average Bonchev–Trinajstić information content (AvgIpc) is 2.40. The fraction of sp³-hybridized carbons (Fsp3) is 0.133. The molecule has 2 aromatic carbocycles. The van der Waals surface area contributed by atoms with Crippen molar-refractivity contribution in [1.82, 2.24) is 0 Å². The van der Waals surface area contributed by atoms with Crippen LogP contribution >= 0.6 is 23.4 Å². The van der Waals surface area contributed by atoms with Crippen molar-refractivity contribution in [3.63, 3.8) is 0 Å². The number of hydrogen-bond acceptors (Lipinski definition) is 2. The normalized spacial score (nSPS) is 10.5. The lowest BCUT2D eigenvalue weighted by molar-refractivity contribution is 0.0696. The number of thioether (sulfide) groups is 1. The predicted molar refractivity (Wildman–Crippen MR) is 79.8 cm³/mol. The Morgan fingerprint density at radius 2 is 1.95 bits per heavy atom. The van der Waals surface area contributed by atoms with E-state index in [2.05, 4.69) is 0 Å². The van der Waals surface area contributed by atoms with E-state index in [1.807, 2.05) is 24.3 Å². The number of hydrogen-bond donors (Lipinski definition) is 1. The Kier molecular flexibility index (Phi) is 5.04. The summed E-state index contributed by atoms with van der Waals surface area (Å²) in [6.07, 6.45) is 0. The molecule has 2 aromatic rings. The molecule has 0 saturated heterocycles. The molecular formula is C15H12ClFO2S. The van der Waals surface area contributed by atoms with Gasteiger partial charge in [0.2, 0.25) is 0 Å². The van der Waals surface area contributed by atoms with Crippen LogP contribution in [0.1, 0.15) is 21.5 Å². The zero-order valence-electron chi connectivity index (χ0n) is 10.5. The molecule has 20 heavy (non-hydrogen) atoms. The van der Waals surface area contributed by atoms with Gasteiger partial charge in [0.15, 0.2) is 0 Å². The molecule has 0 atom stereocenters. The zero-order chi connectivity index (χ0) is 14.5. The standard InChI is InChI=1S/C15H12ClFO2S/c16-14-4-2-1-3-11(14)9-20-8-10-5-12(15(18)19)7-13(17)6-10/h1-7H,8-9H2,(H,18,19). The van der Waals surface area contributed by atoms with Crippen LogP contribution in [0.25, 0.3) is 0 Å². The maximum absolute atomic E-state index is 13.3. The molecule has 2 nitrogen and oxygen atoms in total. The summed E-state index contributed by atoms with van der Waals surface area (Å²) in [5.74, 6) is -0.429. The summed E-state index contributed by atoms with van der Waals surface area (Å²) in [5.41, 5.74) is 1.63. The first-order valence-electron chi connectivity index (χ1n) is 5.90. The van der Waals surface area contributed by atoms with Gasteiger partial charge in [0.1, 0.15) is 5.82 Å². The summed E-state index contributed by atoms with van der Waals surface area (Å²) in [7, 11) is 0. The van der Waals surface area contributed by atoms with E-state index in [4.69, 9.17) is 16.7 Å². The van der Waals surface area contributed by atoms with E-state index in [0.717, 1.165) is 11.6 Å². The first-order valence-corrected chi connectivity index (χ1v) is 7.43. The van der Waals surface area contributed by atoms with Crippen molar-refractivity contribution >= 4 is 29.3 Å². The van der Waals surface area contributed by atoms with Crippen LogP contribution in [0.5, 0.6) is 0 Å². The van der Waals surface area contributed by atoms with Gasteiger partial charge in [0, 0.05) is 16.5 Å². The molecule has 0 aliphatic carbocycles. The minimum absolute atomic E-state index is 0.0293. The monoisotopic (exact) mass is 310 g/mol. The van der Waals surface area contributed by atoms with E-state index in [1.54, 1.807) is 11.8 Å². The van der Waals surface area contributed by atoms with Crippen LogP contribution in [0, 0.1) is 5.82 Å². The highest BCUT2D eigenvalue weighted by molar-refractivity contribution is 7.97. The van der Waals surface area contributed by atoms with Gasteiger partial charge in [-0.05, 0) is 35.4 Å². The molecule has 2 rings (SSSR count). The van der Waals surface area contributed by atoms with E-state index < -0.39 is 11.8 Å². The smallest absolute Gasteiger partial charge is 0.335 e. The summed E-state index contributed by atoms with van der Waals surface area (Å²) in [6.45, 7) is 0. The molecule has 0 saturated carbocycles. The van der Waals surface area contributed by atoms with Crippen LogP contribution in [-0.4, -0.2) is 11.1 Å². The third-order valence-corrected chi connectivity index (χ3v) is 4.11. The van der Waals surface area contributed by atoms with E-state index in [1.165, 1.54) is 12.1 Å². The number of carbonyl (C=O) groups is 1. The van der Waals surface area contributed by atoms with Crippen LogP contribution in [0.3, 0.4) is 0 Å². The van der Waals surface area contributed by atoms with Crippen LogP contribution in [-0.2, 0) is 11.5 Å². The Bertz CT molecular complexity index is 631. The topological polar surface area (TPSA) is 37.3 Å². The number of rotatable bonds is 5. The number of aromatic carboxylic acids is 1. The Hall–Kier alpha value is -1.52. The third-order valence-electron chi connectivity index (χ3n) is 2.69. The first-order chi connectivity index (χ1) is 9.56. The van der Waals surface area contributed by atoms with Crippen LogP contribution in [0.2, 0.25) is 5.02 Å². The molecule has 0 aliphatic rings. The molecule has 0 bridgehead atoms. The second-order valence-corrected chi connectivity index (χ2v) is 5.63. The number of carboxylic acid groups (broad SMARTS) is 1. The van der Waals surface area contributed by atoms with Gasteiger partial charge < -0.3 is 5.11 Å². The Morgan fingerprint density at radius 1 is 1.20 bits per heavy atom. The average molecular weight is 311 g/mol. The van der Waals surface area contributed by atoms with Crippen LogP contribution in [0.15, 0.2) is 42.5 Å². The van der Waals surface area contributed by atoms with Crippen molar-refractivity contribution in [3.05, 3.63) is 70.0 Å². The summed E-state index contributed by atoms with van der Waals surface area (Å²) >= 11 is 7.61. The highest BCUT2D eigenvalue weighted by atomic mass is 35.5. The molecule has 0 heterocycles. The summed E-state index contributed by atoms with van der Waals surface area (Å²) in [4.78, 5) is 10.9. The molecule has 0 unspecified atom stereocenters. The van der Waals surface area contributed by atoms with Crippen LogP contribution < -0.4 is 0 Å². The quantitative estimate of drug-likeness (QED) is 0.876. The van der Waals surface area contributed by atoms with Crippen molar-refractivity contribution in [2.75, 3.05) is 0 Å². The van der Waals surface area contributed by atoms with Gasteiger partial charge in [-0.25, -0.2) is 9.18 Å². The minimum atomic E-state index is -1.12. The molecule has 5 heteroatoms. The lowest BCUT2D eigenvalue weighted by Crippen LogP contribution is -1.98. The van der Waals surface area contributed by atoms with Crippen LogP contribution in [0.4, 0.5) is 4.39 Å². The second kappa shape index (κ2) is 6.77. The maximum atomic E-state index is 13.3. The largest absolute Gasteiger partial charge is 0.478 e. The van der Waals surface area contributed by atoms with Gasteiger partial charge in [-0.1, -0.05) is 29.8 Å². The van der Waals surface area contributed by atoms with Crippen molar-refractivity contribution in [3.8, 4) is 0 Å². The second-order valence-electron chi connectivity index (χ2n) is 4.24. The van der Waals surface area contributed by atoms with E-state index >= 15 is 0 Å². The molecule has 0 amide bonds. The molecule has 0 radical (unpaired) electrons. The Balaban J connectivity index is 2.01. The van der Waals surface area contributed by atoms with Gasteiger partial charge in [0.05, 0.1) is 5.56 Å². The lowest BCUT2D eigenvalue weighted by atomic mass is 10.1. The third kappa shape index (κ3) is 3.99. The van der Waals surface area contributed by atoms with Crippen molar-refractivity contribution in [2.45, 2.75) is 11.5 Å². The van der Waals surface area contributed by atoms with Gasteiger partial charge in [-0.15, -0.1) is 0 Å². The van der Waals surface area contributed by atoms with E-state index in [9.17, 15) is 9.18 Å². The van der Waals surface area contributed by atoms with Gasteiger partial charge in [-0.2, -0.15) is 11.8 Å². The van der Waals surface area contributed by atoms with Gasteiger partial charge >= 0.3 is 5.97 Å². The fourth-order valence-electron chi connectivity index (χ4n) is 1.75. The predicted octanol–water partition coefficient (Wildman–Crippen LogP) is 4.61. The highest BCUT2D eigenvalue weighted by Crippen LogP contribution is 2.24. The van der Waals surface area contributed by atoms with E-state index in [-0.39, 0.29) is 5.56 Å². The zero-order valence-corrected chi connectivity index (χ0v) is 12.0.